The van der Waals surface area contributed by atoms with Crippen molar-refractivity contribution in [3.05, 3.63) is 11.8 Å². The van der Waals surface area contributed by atoms with E-state index in [1.54, 1.807) is 5.70 Å². The molecule has 0 amide bonds. The summed E-state index contributed by atoms with van der Waals surface area (Å²) >= 11 is 0. The third-order valence-corrected chi connectivity index (χ3v) is 4.73. The fourth-order valence-electron chi connectivity index (χ4n) is 3.44. The Morgan fingerprint density at radius 3 is 2.14 bits per heavy atom. The molecule has 0 aromatic heterocycles. The molecule has 0 bridgehead atoms. The van der Waals surface area contributed by atoms with Gasteiger partial charge >= 0.3 is 6.18 Å². The van der Waals surface area contributed by atoms with Crippen molar-refractivity contribution in [3.63, 3.8) is 0 Å². The van der Waals surface area contributed by atoms with Crippen molar-refractivity contribution in [2.24, 2.45) is 5.92 Å². The normalized spacial score (nSPS) is 26.3. The minimum atomic E-state index is -4.31. The number of ketones is 1. The zero-order chi connectivity index (χ0) is 16.0. The van der Waals surface area contributed by atoms with Gasteiger partial charge in [-0.3, -0.25) is 4.79 Å². The summed E-state index contributed by atoms with van der Waals surface area (Å²) in [5.74, 6) is -2.31. The van der Waals surface area contributed by atoms with Crippen LogP contribution in [0.4, 0.5) is 13.2 Å². The Kier molecular flexibility index (Phi) is 6.33. The average molecular weight is 317 g/mol. The lowest BCUT2D eigenvalue weighted by molar-refractivity contribution is -0.185. The van der Waals surface area contributed by atoms with E-state index in [4.69, 9.17) is 0 Å². The van der Waals surface area contributed by atoms with Gasteiger partial charge in [-0.15, -0.1) is 0 Å². The molecule has 0 aromatic rings. The molecule has 126 valence electrons. The molecule has 2 fully saturated rings. The topological polar surface area (TPSA) is 20.3 Å². The molecule has 0 radical (unpaired) electrons. The largest absolute Gasteiger partial charge is 0.398 e. The zero-order valence-corrected chi connectivity index (χ0v) is 13.1. The Bertz CT molecular complexity index is 397. The van der Waals surface area contributed by atoms with Crippen LogP contribution in [0.3, 0.4) is 0 Å². The molecule has 0 N–H and O–H groups in total. The number of likely N-dealkylation sites (tertiary alicyclic amines) is 1. The first-order valence-corrected chi connectivity index (χ1v) is 8.52. The lowest BCUT2D eigenvalue weighted by Gasteiger charge is -2.24. The van der Waals surface area contributed by atoms with Gasteiger partial charge in [-0.2, -0.15) is 13.2 Å². The van der Waals surface area contributed by atoms with Crippen LogP contribution in [0.25, 0.3) is 0 Å². The molecule has 1 atom stereocenters. The third kappa shape index (κ3) is 5.03. The number of nitrogens with zero attached hydrogens (tertiary/aromatic N) is 1. The van der Waals surface area contributed by atoms with Gasteiger partial charge in [0.05, 0.1) is 0 Å². The van der Waals surface area contributed by atoms with Crippen LogP contribution in [0.2, 0.25) is 0 Å². The molecule has 22 heavy (non-hydrogen) atoms. The molecule has 1 heterocycles. The molecule has 2 aliphatic carbocycles. The Balaban J connectivity index is 0.000000160. The SMILES string of the molecule is C1=C(N2CCCC2)CCCC1.O=C1CCCCC1C(F)(F)F. The summed E-state index contributed by atoms with van der Waals surface area (Å²) in [6.07, 6.45) is 7.71. The third-order valence-electron chi connectivity index (χ3n) is 4.73. The highest BCUT2D eigenvalue weighted by molar-refractivity contribution is 5.82. The van der Waals surface area contributed by atoms with Crippen molar-refractivity contribution in [1.29, 1.82) is 0 Å². The van der Waals surface area contributed by atoms with E-state index >= 15 is 0 Å². The maximum atomic E-state index is 12.0. The minimum Gasteiger partial charge on any atom is -0.375 e. The summed E-state index contributed by atoms with van der Waals surface area (Å²) in [6, 6.07) is 0. The van der Waals surface area contributed by atoms with Crippen LogP contribution in [-0.4, -0.2) is 29.9 Å². The monoisotopic (exact) mass is 317 g/mol. The van der Waals surface area contributed by atoms with Crippen LogP contribution in [0, 0.1) is 5.92 Å². The van der Waals surface area contributed by atoms with Gasteiger partial charge in [0.15, 0.2) is 0 Å². The highest BCUT2D eigenvalue weighted by Crippen LogP contribution is 2.35. The van der Waals surface area contributed by atoms with Crippen LogP contribution >= 0.6 is 0 Å². The minimum absolute atomic E-state index is 0.0116. The number of hydrogen-bond donors (Lipinski definition) is 0. The van der Waals surface area contributed by atoms with E-state index in [9.17, 15) is 18.0 Å². The standard InChI is InChI=1S/C10H17N.C7H9F3O/c1-2-6-10(7-3-1)11-8-4-5-9-11;8-7(9,10)5-3-1-2-4-6(5)11/h6H,1-5,7-9H2;5H,1-4H2. The van der Waals surface area contributed by atoms with Gasteiger partial charge in [0.25, 0.3) is 0 Å². The van der Waals surface area contributed by atoms with Gasteiger partial charge in [0.2, 0.25) is 0 Å². The Hall–Kier alpha value is -1.00. The fraction of sp³-hybridized carbons (Fsp3) is 0.824. The fourth-order valence-corrected chi connectivity index (χ4v) is 3.44. The van der Waals surface area contributed by atoms with Crippen LogP contribution in [0.5, 0.6) is 0 Å². The first kappa shape index (κ1) is 17.4. The Morgan fingerprint density at radius 2 is 1.64 bits per heavy atom. The summed E-state index contributed by atoms with van der Waals surface area (Å²) < 4.78 is 35.9. The molecule has 5 heteroatoms. The second kappa shape index (κ2) is 8.02. The quantitative estimate of drug-likeness (QED) is 0.689. The number of rotatable bonds is 1. The van der Waals surface area contributed by atoms with E-state index in [2.05, 4.69) is 11.0 Å². The second-order valence-corrected chi connectivity index (χ2v) is 6.44. The number of alkyl halides is 3. The van der Waals surface area contributed by atoms with Crippen LogP contribution < -0.4 is 0 Å². The molecule has 0 spiro atoms. The van der Waals surface area contributed by atoms with Gasteiger partial charge in [-0.25, -0.2) is 0 Å². The van der Waals surface area contributed by atoms with Gasteiger partial charge in [0, 0.05) is 25.2 Å². The van der Waals surface area contributed by atoms with E-state index in [1.807, 2.05) is 0 Å². The van der Waals surface area contributed by atoms with Crippen molar-refractivity contribution in [2.45, 2.75) is 70.4 Å². The van der Waals surface area contributed by atoms with Gasteiger partial charge in [-0.1, -0.05) is 12.5 Å². The lowest BCUT2D eigenvalue weighted by Crippen LogP contribution is -2.32. The number of halogens is 3. The lowest BCUT2D eigenvalue weighted by atomic mass is 9.88. The molecule has 1 aliphatic heterocycles. The summed E-state index contributed by atoms with van der Waals surface area (Å²) in [5.41, 5.74) is 1.65. The molecular weight excluding hydrogens is 291 g/mol. The summed E-state index contributed by atoms with van der Waals surface area (Å²) in [5, 5.41) is 0. The Labute approximate surface area is 130 Å². The van der Waals surface area contributed by atoms with E-state index in [0.717, 1.165) is 0 Å². The van der Waals surface area contributed by atoms with Crippen molar-refractivity contribution in [2.75, 3.05) is 13.1 Å². The van der Waals surface area contributed by atoms with Crippen molar-refractivity contribution >= 4 is 5.78 Å². The number of carbonyl (C=O) groups excluding carboxylic acids is 1. The molecule has 3 aliphatic rings. The predicted molar refractivity (Wildman–Crippen MR) is 80.4 cm³/mol. The molecule has 1 unspecified atom stereocenters. The molecule has 3 rings (SSSR count). The first-order chi connectivity index (χ1) is 10.5. The highest BCUT2D eigenvalue weighted by atomic mass is 19.4. The Morgan fingerprint density at radius 1 is 0.955 bits per heavy atom. The van der Waals surface area contributed by atoms with E-state index in [0.29, 0.717) is 12.8 Å². The molecule has 0 aromatic carbocycles. The highest BCUT2D eigenvalue weighted by Gasteiger charge is 2.44. The maximum Gasteiger partial charge on any atom is 0.398 e. The van der Waals surface area contributed by atoms with E-state index in [-0.39, 0.29) is 12.8 Å². The van der Waals surface area contributed by atoms with E-state index in [1.165, 1.54) is 51.6 Å². The number of Topliss-reactive ketones (excluding diaryl/α,β-unsaturated/α-hetero) is 1. The number of allylic oxidation sites excluding steroid dienone is 2. The van der Waals surface area contributed by atoms with Crippen molar-refractivity contribution < 1.29 is 18.0 Å². The number of carbonyl (C=O) groups is 1. The van der Waals surface area contributed by atoms with Crippen molar-refractivity contribution in [3.8, 4) is 0 Å². The van der Waals surface area contributed by atoms with Gasteiger partial charge in [0.1, 0.15) is 11.7 Å². The van der Waals surface area contributed by atoms with Crippen LogP contribution in [-0.2, 0) is 4.79 Å². The van der Waals surface area contributed by atoms with Crippen LogP contribution in [0.15, 0.2) is 11.8 Å². The molecule has 1 saturated heterocycles. The predicted octanol–water partition coefficient (Wildman–Crippen LogP) is 4.85. The van der Waals surface area contributed by atoms with Crippen LogP contribution in [0.1, 0.15) is 64.2 Å². The summed E-state index contributed by atoms with van der Waals surface area (Å²) in [7, 11) is 0. The van der Waals surface area contributed by atoms with E-state index < -0.39 is 17.9 Å². The smallest absolute Gasteiger partial charge is 0.375 e. The molecule has 1 saturated carbocycles. The summed E-state index contributed by atoms with van der Waals surface area (Å²) in [6.45, 7) is 2.65. The maximum absolute atomic E-state index is 12.0. The zero-order valence-electron chi connectivity index (χ0n) is 13.1. The molecule has 2 nitrogen and oxygen atoms in total. The van der Waals surface area contributed by atoms with Gasteiger partial charge < -0.3 is 4.90 Å². The molecular formula is C17H26F3NO. The van der Waals surface area contributed by atoms with Crippen molar-refractivity contribution in [1.82, 2.24) is 4.90 Å². The number of hydrogen-bond acceptors (Lipinski definition) is 2. The van der Waals surface area contributed by atoms with Gasteiger partial charge in [-0.05, 0) is 51.4 Å². The first-order valence-electron chi connectivity index (χ1n) is 8.52. The second-order valence-electron chi connectivity index (χ2n) is 6.44. The summed E-state index contributed by atoms with van der Waals surface area (Å²) in [4.78, 5) is 13.3. The average Bonchev–Trinajstić information content (AvgIpc) is 3.02.